The van der Waals surface area contributed by atoms with Crippen LogP contribution >= 0.6 is 0 Å². The number of carbonyl (C=O) groups is 1. The average Bonchev–Trinajstić information content (AvgIpc) is 3.03. The van der Waals surface area contributed by atoms with Gasteiger partial charge in [0.1, 0.15) is 0 Å². The van der Waals surface area contributed by atoms with Crippen LogP contribution in [0.1, 0.15) is 23.7 Å². The molecule has 0 saturated heterocycles. The van der Waals surface area contributed by atoms with Crippen LogP contribution in [0.25, 0.3) is 17.2 Å². The topological polar surface area (TPSA) is 40.5 Å². The van der Waals surface area contributed by atoms with Gasteiger partial charge in [0.25, 0.3) is 0 Å². The monoisotopic (exact) mass is 331 g/mol. The number of fused-ring (bicyclic) bond motifs is 3. The third-order valence-electron chi connectivity index (χ3n) is 4.05. The number of aryl methyl sites for hydroxylation is 1. The zero-order chi connectivity index (χ0) is 17.4. The highest BCUT2D eigenvalue weighted by molar-refractivity contribution is 5.90. The average molecular weight is 331 g/mol. The lowest BCUT2D eigenvalue weighted by molar-refractivity contribution is -0.134. The fourth-order valence-corrected chi connectivity index (χ4v) is 3.01. The van der Waals surface area contributed by atoms with Gasteiger partial charge in [-0.15, -0.1) is 0 Å². The van der Waals surface area contributed by atoms with E-state index in [4.69, 9.17) is 9.47 Å². The molecule has 0 aliphatic carbocycles. The Kier molecular flexibility index (Phi) is 3.65. The van der Waals surface area contributed by atoms with E-state index in [0.29, 0.717) is 17.3 Å². The van der Waals surface area contributed by atoms with Gasteiger partial charge in [-0.3, -0.25) is 4.79 Å². The third kappa shape index (κ3) is 2.72. The van der Waals surface area contributed by atoms with E-state index >= 15 is 0 Å². The molecule has 1 aliphatic rings. The Bertz CT molecular complexity index is 998. The summed E-state index contributed by atoms with van der Waals surface area (Å²) in [4.78, 5) is 11.8. The van der Waals surface area contributed by atoms with Crippen LogP contribution in [0.15, 0.2) is 66.9 Å². The normalized spacial score (nSPS) is 12.7. The minimum Gasteiger partial charge on any atom is -0.451 e. The number of esters is 1. The molecule has 2 aromatic carbocycles. The quantitative estimate of drug-likeness (QED) is 0.646. The highest BCUT2D eigenvalue weighted by Crippen LogP contribution is 2.38. The van der Waals surface area contributed by atoms with Crippen molar-refractivity contribution in [2.45, 2.75) is 13.8 Å². The largest absolute Gasteiger partial charge is 0.451 e. The molecule has 0 unspecified atom stereocenters. The molecule has 0 N–H and O–H groups in total. The summed E-state index contributed by atoms with van der Waals surface area (Å²) in [6.07, 6.45) is 1.93. The van der Waals surface area contributed by atoms with Crippen molar-refractivity contribution in [1.82, 2.24) is 4.57 Å². The van der Waals surface area contributed by atoms with Crippen LogP contribution in [0.3, 0.4) is 0 Å². The first-order valence-electron chi connectivity index (χ1n) is 8.08. The lowest BCUT2D eigenvalue weighted by Gasteiger charge is -2.13. The molecule has 4 heteroatoms. The van der Waals surface area contributed by atoms with Crippen molar-refractivity contribution in [3.05, 3.63) is 83.7 Å². The number of para-hydroxylation sites is 2. The van der Waals surface area contributed by atoms with Crippen LogP contribution in [0, 0.1) is 6.92 Å². The molecule has 0 bridgehead atoms. The summed E-state index contributed by atoms with van der Waals surface area (Å²) in [5.41, 5.74) is 3.64. The lowest BCUT2D eigenvalue weighted by atomic mass is 10.1. The number of nitrogens with zero attached hydrogens (tertiary/aromatic N) is 1. The van der Waals surface area contributed by atoms with Crippen molar-refractivity contribution in [1.29, 1.82) is 0 Å². The van der Waals surface area contributed by atoms with Crippen molar-refractivity contribution in [3.8, 4) is 11.4 Å². The van der Waals surface area contributed by atoms with E-state index in [-0.39, 0.29) is 5.97 Å². The van der Waals surface area contributed by atoms with E-state index in [1.54, 1.807) is 0 Å². The maximum Gasteiger partial charge on any atom is 0.308 e. The van der Waals surface area contributed by atoms with E-state index in [0.717, 1.165) is 22.5 Å². The summed E-state index contributed by atoms with van der Waals surface area (Å²) in [5, 5.41) is 0. The van der Waals surface area contributed by atoms with Gasteiger partial charge >= 0.3 is 5.97 Å². The Morgan fingerprint density at radius 1 is 1.04 bits per heavy atom. The van der Waals surface area contributed by atoms with Gasteiger partial charge in [0.2, 0.25) is 0 Å². The van der Waals surface area contributed by atoms with Gasteiger partial charge in [-0.05, 0) is 37.3 Å². The van der Waals surface area contributed by atoms with Crippen molar-refractivity contribution in [2.75, 3.05) is 0 Å². The van der Waals surface area contributed by atoms with Crippen LogP contribution in [-0.4, -0.2) is 10.5 Å². The fourth-order valence-electron chi connectivity index (χ4n) is 3.01. The smallest absolute Gasteiger partial charge is 0.308 e. The van der Waals surface area contributed by atoms with Crippen LogP contribution < -0.4 is 4.74 Å². The fraction of sp³-hybridized carbons (Fsp3) is 0.0952. The Morgan fingerprint density at radius 3 is 2.68 bits per heavy atom. The highest BCUT2D eigenvalue weighted by Gasteiger charge is 2.26. The molecule has 25 heavy (non-hydrogen) atoms. The Balaban J connectivity index is 2.02. The number of carbonyl (C=O) groups excluding carboxylic acids is 1. The van der Waals surface area contributed by atoms with E-state index in [9.17, 15) is 4.79 Å². The van der Waals surface area contributed by atoms with Crippen molar-refractivity contribution >= 4 is 17.5 Å². The van der Waals surface area contributed by atoms with Gasteiger partial charge in [-0.25, -0.2) is 0 Å². The molecular weight excluding hydrogens is 314 g/mol. The predicted molar refractivity (Wildman–Crippen MR) is 96.2 cm³/mol. The first-order valence-corrected chi connectivity index (χ1v) is 8.08. The third-order valence-corrected chi connectivity index (χ3v) is 4.05. The second kappa shape index (κ2) is 5.98. The summed E-state index contributed by atoms with van der Waals surface area (Å²) in [6.45, 7) is 3.41. The molecule has 3 aromatic rings. The standard InChI is InChI=1S/C21H17NO3/c1-14-7-5-8-16(13-14)20-21(24-15(2)23)18-10-6-12-22(18)17-9-3-4-11-19(17)25-20/h3-13H,1-2H3. The zero-order valence-corrected chi connectivity index (χ0v) is 14.0. The second-order valence-corrected chi connectivity index (χ2v) is 5.95. The minimum absolute atomic E-state index is 0.387. The zero-order valence-electron chi connectivity index (χ0n) is 14.0. The van der Waals surface area contributed by atoms with Gasteiger partial charge in [0.05, 0.1) is 11.4 Å². The molecule has 124 valence electrons. The minimum atomic E-state index is -0.387. The van der Waals surface area contributed by atoms with Crippen molar-refractivity contribution in [3.63, 3.8) is 0 Å². The van der Waals surface area contributed by atoms with E-state index < -0.39 is 0 Å². The van der Waals surface area contributed by atoms with Gasteiger partial charge in [-0.2, -0.15) is 0 Å². The van der Waals surface area contributed by atoms with Gasteiger partial charge < -0.3 is 14.0 Å². The van der Waals surface area contributed by atoms with E-state index in [1.165, 1.54) is 6.92 Å². The Labute approximate surface area is 145 Å². The molecule has 0 atom stereocenters. The molecule has 1 aromatic heterocycles. The van der Waals surface area contributed by atoms with Crippen molar-refractivity contribution in [2.24, 2.45) is 0 Å². The van der Waals surface area contributed by atoms with E-state index in [1.807, 2.05) is 78.4 Å². The summed E-state index contributed by atoms with van der Waals surface area (Å²) in [5.74, 6) is 1.27. The molecule has 1 aliphatic heterocycles. The maximum atomic E-state index is 11.8. The van der Waals surface area contributed by atoms with Gasteiger partial charge in [-0.1, -0.05) is 35.9 Å². The van der Waals surface area contributed by atoms with Crippen LogP contribution in [0.5, 0.6) is 5.75 Å². The maximum absolute atomic E-state index is 11.8. The number of ether oxygens (including phenoxy) is 2. The second-order valence-electron chi connectivity index (χ2n) is 5.95. The molecule has 0 spiro atoms. The molecule has 2 heterocycles. The summed E-state index contributed by atoms with van der Waals surface area (Å²) in [6, 6.07) is 19.5. The summed E-state index contributed by atoms with van der Waals surface area (Å²) < 4.78 is 13.8. The van der Waals surface area contributed by atoms with Crippen molar-refractivity contribution < 1.29 is 14.3 Å². The first-order chi connectivity index (χ1) is 12.1. The molecule has 0 amide bonds. The van der Waals surface area contributed by atoms with Crippen LogP contribution in [0.2, 0.25) is 0 Å². The highest BCUT2D eigenvalue weighted by atomic mass is 16.6. The SMILES string of the molecule is CC(=O)OC1=C(c2cccc(C)c2)Oc2ccccc2-n2cccc21. The van der Waals surface area contributed by atoms with Gasteiger partial charge in [0.15, 0.2) is 17.3 Å². The number of benzene rings is 2. The molecule has 4 nitrogen and oxygen atoms in total. The first kappa shape index (κ1) is 15.3. The Morgan fingerprint density at radius 2 is 1.88 bits per heavy atom. The number of hydrogen-bond donors (Lipinski definition) is 0. The summed E-state index contributed by atoms with van der Waals surface area (Å²) in [7, 11) is 0. The lowest BCUT2D eigenvalue weighted by Crippen LogP contribution is -2.06. The number of rotatable bonds is 2. The molecular formula is C21H17NO3. The molecule has 0 saturated carbocycles. The van der Waals surface area contributed by atoms with Gasteiger partial charge in [0, 0.05) is 18.7 Å². The van der Waals surface area contributed by atoms with Crippen LogP contribution in [-0.2, 0) is 9.53 Å². The summed E-state index contributed by atoms with van der Waals surface area (Å²) >= 11 is 0. The van der Waals surface area contributed by atoms with E-state index in [2.05, 4.69) is 0 Å². The predicted octanol–water partition coefficient (Wildman–Crippen LogP) is 4.57. The molecule has 0 fully saturated rings. The Hall–Kier alpha value is -3.27. The molecule has 0 radical (unpaired) electrons. The number of hydrogen-bond acceptors (Lipinski definition) is 3. The number of aromatic nitrogens is 1. The van der Waals surface area contributed by atoms with Crippen LogP contribution in [0.4, 0.5) is 0 Å². The molecule has 4 rings (SSSR count).